The predicted octanol–water partition coefficient (Wildman–Crippen LogP) is 3.15. The number of rotatable bonds is 1. The lowest BCUT2D eigenvalue weighted by Crippen LogP contribution is -2.17. The van der Waals surface area contributed by atoms with Crippen LogP contribution in [0.1, 0.15) is 20.8 Å². The van der Waals surface area contributed by atoms with E-state index in [9.17, 15) is 4.79 Å². The fourth-order valence-corrected chi connectivity index (χ4v) is 1.49. The molecular formula is C12H15BrN2O2. The van der Waals surface area contributed by atoms with Gasteiger partial charge in [0.05, 0.1) is 16.1 Å². The Kier molecular flexibility index (Phi) is 4.69. The van der Waals surface area contributed by atoms with Gasteiger partial charge in [0, 0.05) is 17.8 Å². The van der Waals surface area contributed by atoms with Crippen molar-refractivity contribution in [2.75, 3.05) is 0 Å². The minimum Gasteiger partial charge on any atom is -0.462 e. The Balaban J connectivity index is 0.000000185. The van der Waals surface area contributed by atoms with Crippen LogP contribution in [0.2, 0.25) is 0 Å². The van der Waals surface area contributed by atoms with E-state index in [0.29, 0.717) is 6.47 Å². The molecule has 0 aliphatic heterocycles. The molecule has 0 unspecified atom stereocenters. The molecule has 0 amide bonds. The summed E-state index contributed by atoms with van der Waals surface area (Å²) in [6, 6.07) is 5.96. The maximum atomic E-state index is 9.60. The summed E-state index contributed by atoms with van der Waals surface area (Å²) < 4.78 is 6.37. The quantitative estimate of drug-likeness (QED) is 0.760. The molecule has 0 saturated carbocycles. The number of nitrogens with zero attached hydrogens (tertiary/aromatic N) is 2. The summed E-state index contributed by atoms with van der Waals surface area (Å²) >= 11 is 3.32. The average molecular weight is 299 g/mol. The lowest BCUT2D eigenvalue weighted by Gasteiger charge is -2.14. The summed E-state index contributed by atoms with van der Waals surface area (Å²) in [6.45, 7) is 5.92. The first kappa shape index (κ1) is 13.7. The van der Waals surface area contributed by atoms with Crippen LogP contribution in [0.5, 0.6) is 0 Å². The molecule has 0 atom stereocenters. The lowest BCUT2D eigenvalue weighted by atomic mass is 10.2. The van der Waals surface area contributed by atoms with Gasteiger partial charge in [0.2, 0.25) is 0 Å². The van der Waals surface area contributed by atoms with Crippen molar-refractivity contribution in [1.29, 1.82) is 0 Å². The van der Waals surface area contributed by atoms with Crippen LogP contribution in [0.4, 0.5) is 0 Å². The first-order valence-corrected chi connectivity index (χ1v) is 5.84. The predicted molar refractivity (Wildman–Crippen MR) is 71.0 cm³/mol. The molecule has 92 valence electrons. The third-order valence-corrected chi connectivity index (χ3v) is 2.38. The Morgan fingerprint density at radius 2 is 2.12 bits per heavy atom. The number of pyridine rings is 1. The molecule has 4 nitrogen and oxygen atoms in total. The van der Waals surface area contributed by atoms with Crippen molar-refractivity contribution in [3.8, 4) is 0 Å². The van der Waals surface area contributed by atoms with Crippen LogP contribution in [0, 0.1) is 0 Å². The Morgan fingerprint density at radius 3 is 2.59 bits per heavy atom. The molecule has 2 heterocycles. The molecule has 2 rings (SSSR count). The van der Waals surface area contributed by atoms with Gasteiger partial charge in [-0.3, -0.25) is 8.39 Å². The number of aromatic nitrogens is 2. The normalized spacial score (nSPS) is 10.6. The van der Waals surface area contributed by atoms with Gasteiger partial charge >= 0.3 is 0 Å². The van der Waals surface area contributed by atoms with Crippen molar-refractivity contribution in [1.82, 2.24) is 8.58 Å². The van der Waals surface area contributed by atoms with Gasteiger partial charge in [-0.05, 0) is 39.0 Å². The van der Waals surface area contributed by atoms with Crippen LogP contribution in [0.25, 0.3) is 11.0 Å². The van der Waals surface area contributed by atoms with E-state index < -0.39 is 0 Å². The summed E-state index contributed by atoms with van der Waals surface area (Å²) in [5.41, 5.74) is 0.643. The van der Waals surface area contributed by atoms with Gasteiger partial charge in [0.15, 0.2) is 0 Å². The highest BCUT2D eigenvalue weighted by atomic mass is 79.9. The zero-order valence-corrected chi connectivity index (χ0v) is 11.6. The molecule has 0 aliphatic carbocycles. The van der Waals surface area contributed by atoms with Gasteiger partial charge in [-0.2, -0.15) is 0 Å². The Bertz CT molecular complexity index is 488. The molecule has 2 aromatic heterocycles. The van der Waals surface area contributed by atoms with Gasteiger partial charge in [-0.15, -0.1) is 0 Å². The number of hydrogen-bond donors (Lipinski definition) is 0. The Labute approximate surface area is 109 Å². The fourth-order valence-electron chi connectivity index (χ4n) is 1.08. The molecular weight excluding hydrogens is 284 g/mol. The van der Waals surface area contributed by atoms with E-state index in [0.717, 1.165) is 11.0 Å². The summed E-state index contributed by atoms with van der Waals surface area (Å²) in [5, 5.41) is 1.15. The van der Waals surface area contributed by atoms with Gasteiger partial charge in [-0.1, -0.05) is 0 Å². The first-order valence-electron chi connectivity index (χ1n) is 5.14. The van der Waals surface area contributed by atoms with Crippen molar-refractivity contribution in [3.63, 3.8) is 0 Å². The van der Waals surface area contributed by atoms with E-state index in [1.165, 1.54) is 0 Å². The zero-order chi connectivity index (χ0) is 12.9. The largest absolute Gasteiger partial charge is 0.462 e. The van der Waals surface area contributed by atoms with Crippen molar-refractivity contribution in [2.24, 2.45) is 0 Å². The van der Waals surface area contributed by atoms with E-state index in [2.05, 4.69) is 25.9 Å². The second kappa shape index (κ2) is 5.82. The molecule has 0 saturated heterocycles. The summed E-state index contributed by atoms with van der Waals surface area (Å²) in [6.07, 6.45) is 3.71. The van der Waals surface area contributed by atoms with E-state index in [1.54, 1.807) is 6.20 Å². The highest BCUT2D eigenvalue weighted by Crippen LogP contribution is 2.13. The van der Waals surface area contributed by atoms with Crippen molar-refractivity contribution in [3.05, 3.63) is 30.6 Å². The van der Waals surface area contributed by atoms with E-state index in [1.807, 2.05) is 48.8 Å². The van der Waals surface area contributed by atoms with Gasteiger partial charge in [0.25, 0.3) is 6.47 Å². The van der Waals surface area contributed by atoms with E-state index in [4.69, 9.17) is 0 Å². The molecule has 17 heavy (non-hydrogen) atoms. The van der Waals surface area contributed by atoms with Crippen LogP contribution >= 0.6 is 16.1 Å². The Hall–Kier alpha value is -1.36. The molecule has 2 aromatic rings. The highest BCUT2D eigenvalue weighted by Gasteiger charge is 2.07. The third-order valence-electron chi connectivity index (χ3n) is 1.81. The molecule has 5 heteroatoms. The molecule has 0 spiro atoms. The lowest BCUT2D eigenvalue weighted by molar-refractivity contribution is -0.138. The SMILES string of the molecule is Brn1ccc2cccnc21.CC(C)(C)OC=O. The van der Waals surface area contributed by atoms with E-state index in [-0.39, 0.29) is 5.60 Å². The van der Waals surface area contributed by atoms with E-state index >= 15 is 0 Å². The minimum absolute atomic E-state index is 0.318. The van der Waals surface area contributed by atoms with Crippen LogP contribution in [-0.4, -0.2) is 20.7 Å². The van der Waals surface area contributed by atoms with Crippen molar-refractivity contribution < 1.29 is 9.53 Å². The number of fused-ring (bicyclic) bond motifs is 1. The molecule has 0 radical (unpaired) electrons. The minimum atomic E-state index is -0.318. The van der Waals surface area contributed by atoms with Crippen molar-refractivity contribution in [2.45, 2.75) is 26.4 Å². The maximum Gasteiger partial charge on any atom is 0.293 e. The number of ether oxygens (including phenoxy) is 1. The third kappa shape index (κ3) is 4.56. The number of hydrogen-bond acceptors (Lipinski definition) is 3. The molecule has 0 N–H and O–H groups in total. The van der Waals surface area contributed by atoms with Crippen LogP contribution < -0.4 is 0 Å². The fraction of sp³-hybridized carbons (Fsp3) is 0.333. The monoisotopic (exact) mass is 298 g/mol. The van der Waals surface area contributed by atoms with Crippen molar-refractivity contribution >= 4 is 33.7 Å². The van der Waals surface area contributed by atoms with Crippen LogP contribution in [-0.2, 0) is 9.53 Å². The smallest absolute Gasteiger partial charge is 0.293 e. The van der Waals surface area contributed by atoms with Gasteiger partial charge in [-0.25, -0.2) is 4.98 Å². The Morgan fingerprint density at radius 1 is 1.41 bits per heavy atom. The zero-order valence-electron chi connectivity index (χ0n) is 10.1. The maximum absolute atomic E-state index is 9.60. The second-order valence-corrected chi connectivity index (χ2v) is 5.13. The van der Waals surface area contributed by atoms with Crippen LogP contribution in [0.15, 0.2) is 30.6 Å². The molecule has 0 bridgehead atoms. The topological polar surface area (TPSA) is 44.1 Å². The van der Waals surface area contributed by atoms with Gasteiger partial charge in [0.1, 0.15) is 11.2 Å². The summed E-state index contributed by atoms with van der Waals surface area (Å²) in [4.78, 5) is 13.8. The molecule has 0 fully saturated rings. The second-order valence-electron chi connectivity index (χ2n) is 4.37. The highest BCUT2D eigenvalue weighted by molar-refractivity contribution is 9.08. The standard InChI is InChI=1S/C7H5BrN2.C5H10O2/c8-10-5-3-6-2-1-4-9-7(6)10;1-5(2,3)7-4-6/h1-5H;4H,1-3H3. The number of carbonyl (C=O) groups excluding carboxylic acids is 1. The molecule has 0 aromatic carbocycles. The number of carbonyl (C=O) groups is 1. The first-order chi connectivity index (χ1) is 7.94. The summed E-state index contributed by atoms with van der Waals surface area (Å²) in [7, 11) is 0. The van der Waals surface area contributed by atoms with Crippen LogP contribution in [0.3, 0.4) is 0 Å². The number of halogens is 1. The summed E-state index contributed by atoms with van der Waals surface area (Å²) in [5.74, 6) is 0. The molecule has 0 aliphatic rings. The average Bonchev–Trinajstić information content (AvgIpc) is 2.61. The van der Waals surface area contributed by atoms with Gasteiger partial charge < -0.3 is 4.74 Å².